The normalized spacial score (nSPS) is 12.7. The van der Waals surface area contributed by atoms with Gasteiger partial charge in [0.15, 0.2) is 0 Å². The molecule has 0 bridgehead atoms. The van der Waals surface area contributed by atoms with E-state index in [1.54, 1.807) is 9.80 Å². The highest BCUT2D eigenvalue weighted by Gasteiger charge is 2.34. The summed E-state index contributed by atoms with van der Waals surface area (Å²) in [6, 6.07) is 31.2. The van der Waals surface area contributed by atoms with Gasteiger partial charge in [-0.2, -0.15) is 0 Å². The zero-order valence-electron chi connectivity index (χ0n) is 35.9. The summed E-state index contributed by atoms with van der Waals surface area (Å²) >= 11 is 0. The minimum atomic E-state index is -4.99. The van der Waals surface area contributed by atoms with E-state index in [0.29, 0.717) is 55.7 Å². The molecule has 8 rings (SSSR count). The van der Waals surface area contributed by atoms with Gasteiger partial charge in [-0.3, -0.25) is 0 Å². The summed E-state index contributed by atoms with van der Waals surface area (Å²) in [5, 5.41) is 4.25. The molecule has 0 aliphatic heterocycles. The van der Waals surface area contributed by atoms with Gasteiger partial charge in [0.2, 0.25) is 0 Å². The number of hydrogen-bond donors (Lipinski definition) is 0. The van der Waals surface area contributed by atoms with Gasteiger partial charge in [0.25, 0.3) is 0 Å². The number of nitrogens with zero attached hydrogens (tertiary/aromatic N) is 2. The molecule has 18 heteroatoms. The largest absolute Gasteiger partial charge is 0.573 e. The number of hydrogen-bond acceptors (Lipinski definition) is 6. The Bertz CT molecular complexity index is 2730. The van der Waals surface area contributed by atoms with Gasteiger partial charge in [0, 0.05) is 33.5 Å². The van der Waals surface area contributed by atoms with Crippen LogP contribution in [0.15, 0.2) is 133 Å². The molecule has 354 valence electrons. The SMILES string of the molecule is CC(C)c1cc(N(c2ccc(OC(F)(F)F)cc2)c2ccc(OC(F)(F)F)cc2)c2ccc3c(C(C)C)cc(N(c4ccc(OC(F)(F)F)cc4)c4ccc(OC(F)(F)F)cc4)c4ccc1c2c34. The van der Waals surface area contributed by atoms with Crippen molar-refractivity contribution in [2.24, 2.45) is 0 Å². The standard InChI is InChI=1S/C50H36F12N2O4/c1-27(2)41-25-43(63(29-5-13-33(14-6-29)65-47(51,52)53)30-7-15-34(16-8-30)66-48(54,55)56)39-24-22-38-42(28(3)4)26-44(40-23-21-37(41)45(39)46(38)40)64(31-9-17-35(18-10-31)67-49(57,58)59)32-11-19-36(20-12-32)68-50(60,61)62/h5-28H,1-4H3. The molecule has 0 radical (unpaired) electrons. The summed E-state index contributed by atoms with van der Waals surface area (Å²) in [7, 11) is 0. The average Bonchev–Trinajstić information content (AvgIpc) is 3.23. The lowest BCUT2D eigenvalue weighted by Crippen LogP contribution is -2.18. The zero-order chi connectivity index (χ0) is 49.1. The summed E-state index contributed by atoms with van der Waals surface area (Å²) in [5.74, 6) is -2.40. The first-order valence-corrected chi connectivity index (χ1v) is 20.6. The molecule has 0 N–H and O–H groups in total. The van der Waals surface area contributed by atoms with Gasteiger partial charge < -0.3 is 28.7 Å². The van der Waals surface area contributed by atoms with Gasteiger partial charge in [-0.1, -0.05) is 52.0 Å². The highest BCUT2D eigenvalue weighted by Crippen LogP contribution is 2.51. The smallest absolute Gasteiger partial charge is 0.406 e. The number of halogens is 12. The Labute approximate surface area is 379 Å². The Morgan fingerprint density at radius 1 is 0.324 bits per heavy atom. The van der Waals surface area contributed by atoms with Crippen LogP contribution in [0.1, 0.15) is 50.7 Å². The Kier molecular flexibility index (Phi) is 12.1. The van der Waals surface area contributed by atoms with Crippen LogP contribution in [0.2, 0.25) is 0 Å². The second kappa shape index (κ2) is 17.4. The van der Waals surface area contributed by atoms with E-state index in [-0.39, 0.29) is 11.8 Å². The van der Waals surface area contributed by atoms with Gasteiger partial charge in [0.1, 0.15) is 23.0 Å². The molecule has 0 fully saturated rings. The van der Waals surface area contributed by atoms with Crippen molar-refractivity contribution in [1.29, 1.82) is 0 Å². The fourth-order valence-corrected chi connectivity index (χ4v) is 8.38. The summed E-state index contributed by atoms with van der Waals surface area (Å²) < 4.78 is 176. The van der Waals surface area contributed by atoms with Crippen molar-refractivity contribution in [2.45, 2.75) is 65.0 Å². The van der Waals surface area contributed by atoms with Crippen LogP contribution in [0.4, 0.5) is 86.8 Å². The fourth-order valence-electron chi connectivity index (χ4n) is 8.38. The lowest BCUT2D eigenvalue weighted by molar-refractivity contribution is -0.275. The molecule has 0 aromatic heterocycles. The zero-order valence-corrected chi connectivity index (χ0v) is 35.9. The predicted molar refractivity (Wildman–Crippen MR) is 234 cm³/mol. The maximum atomic E-state index is 13.3. The van der Waals surface area contributed by atoms with Crippen LogP contribution in [0, 0.1) is 0 Å². The number of ether oxygens (including phenoxy) is 4. The van der Waals surface area contributed by atoms with Crippen molar-refractivity contribution in [3.63, 3.8) is 0 Å². The molecule has 0 aliphatic carbocycles. The van der Waals surface area contributed by atoms with Gasteiger partial charge in [-0.05, 0) is 154 Å². The lowest BCUT2D eigenvalue weighted by Gasteiger charge is -2.31. The van der Waals surface area contributed by atoms with E-state index in [1.165, 1.54) is 48.5 Å². The first kappa shape index (κ1) is 47.3. The maximum absolute atomic E-state index is 13.3. The lowest BCUT2D eigenvalue weighted by atomic mass is 9.84. The van der Waals surface area contributed by atoms with Crippen molar-refractivity contribution in [3.8, 4) is 23.0 Å². The van der Waals surface area contributed by atoms with E-state index < -0.39 is 48.4 Å². The van der Waals surface area contributed by atoms with E-state index in [0.717, 1.165) is 70.4 Å². The molecule has 8 aromatic rings. The molecule has 0 atom stereocenters. The number of rotatable bonds is 12. The Balaban J connectivity index is 1.42. The molecule has 0 saturated heterocycles. The first-order valence-electron chi connectivity index (χ1n) is 20.6. The number of benzene rings is 8. The first-order chi connectivity index (χ1) is 31.8. The molecule has 0 aliphatic rings. The van der Waals surface area contributed by atoms with Crippen LogP contribution in [0.3, 0.4) is 0 Å². The molecule has 0 saturated carbocycles. The van der Waals surface area contributed by atoms with E-state index in [2.05, 4.69) is 18.9 Å². The molecule has 6 nitrogen and oxygen atoms in total. The Morgan fingerprint density at radius 3 is 0.750 bits per heavy atom. The molecule has 0 heterocycles. The summed E-state index contributed by atoms with van der Waals surface area (Å²) in [6.07, 6.45) is -20.0. The van der Waals surface area contributed by atoms with Crippen LogP contribution < -0.4 is 28.7 Å². The molecule has 0 unspecified atom stereocenters. The monoisotopic (exact) mass is 956 g/mol. The van der Waals surface area contributed by atoms with E-state index in [4.69, 9.17) is 0 Å². The maximum Gasteiger partial charge on any atom is 0.573 e. The van der Waals surface area contributed by atoms with Crippen LogP contribution in [-0.4, -0.2) is 25.4 Å². The predicted octanol–water partition coefficient (Wildman–Crippen LogP) is 17.4. The van der Waals surface area contributed by atoms with Crippen LogP contribution in [0.5, 0.6) is 23.0 Å². The van der Waals surface area contributed by atoms with Gasteiger partial charge in [0.05, 0.1) is 11.4 Å². The van der Waals surface area contributed by atoms with Crippen molar-refractivity contribution in [3.05, 3.63) is 145 Å². The molecular weight excluding hydrogens is 921 g/mol. The number of alkyl halides is 12. The fraction of sp³-hybridized carbons (Fsp3) is 0.200. The molecule has 8 aromatic carbocycles. The third kappa shape index (κ3) is 10.2. The van der Waals surface area contributed by atoms with Crippen molar-refractivity contribution in [2.75, 3.05) is 9.80 Å². The average molecular weight is 957 g/mol. The molecule has 0 amide bonds. The van der Waals surface area contributed by atoms with Crippen LogP contribution >= 0.6 is 0 Å². The van der Waals surface area contributed by atoms with E-state index in [9.17, 15) is 52.7 Å². The van der Waals surface area contributed by atoms with Crippen molar-refractivity contribution in [1.82, 2.24) is 0 Å². The van der Waals surface area contributed by atoms with E-state index >= 15 is 0 Å². The summed E-state index contributed by atoms with van der Waals surface area (Å²) in [6.45, 7) is 7.82. The quantitative estimate of drug-likeness (QED) is 0.0898. The van der Waals surface area contributed by atoms with Crippen LogP contribution in [0.25, 0.3) is 32.3 Å². The molecular formula is C50H36F12N2O4. The second-order valence-corrected chi connectivity index (χ2v) is 16.2. The number of anilines is 6. The molecule has 0 spiro atoms. The van der Waals surface area contributed by atoms with Gasteiger partial charge in [-0.25, -0.2) is 0 Å². The van der Waals surface area contributed by atoms with Crippen LogP contribution in [-0.2, 0) is 0 Å². The highest BCUT2D eigenvalue weighted by atomic mass is 19.4. The summed E-state index contributed by atoms with van der Waals surface area (Å²) in [4.78, 5) is 3.36. The topological polar surface area (TPSA) is 43.4 Å². The van der Waals surface area contributed by atoms with Crippen molar-refractivity contribution < 1.29 is 71.6 Å². The highest BCUT2D eigenvalue weighted by molar-refractivity contribution is 6.29. The summed E-state index contributed by atoms with van der Waals surface area (Å²) in [5.41, 5.74) is 3.82. The van der Waals surface area contributed by atoms with E-state index in [1.807, 2.05) is 64.1 Å². The van der Waals surface area contributed by atoms with Crippen molar-refractivity contribution >= 4 is 66.4 Å². The van der Waals surface area contributed by atoms with Gasteiger partial charge in [-0.15, -0.1) is 52.7 Å². The third-order valence-corrected chi connectivity index (χ3v) is 11.0. The third-order valence-electron chi connectivity index (χ3n) is 11.0. The Morgan fingerprint density at radius 2 is 0.544 bits per heavy atom. The molecule has 68 heavy (non-hydrogen) atoms. The van der Waals surface area contributed by atoms with Gasteiger partial charge >= 0.3 is 25.4 Å². The minimum Gasteiger partial charge on any atom is -0.406 e. The minimum absolute atomic E-state index is 0.166. The second-order valence-electron chi connectivity index (χ2n) is 16.2. The Hall–Kier alpha value is -7.24.